The van der Waals surface area contributed by atoms with E-state index in [0.29, 0.717) is 6.42 Å². The summed E-state index contributed by atoms with van der Waals surface area (Å²) in [6.07, 6.45) is 2.71. The predicted molar refractivity (Wildman–Crippen MR) is 72.9 cm³/mol. The van der Waals surface area contributed by atoms with E-state index in [1.807, 2.05) is 13.3 Å². The van der Waals surface area contributed by atoms with Crippen LogP contribution in [0.15, 0.2) is 29.2 Å². The Balaban J connectivity index is 2.51. The largest absolute Gasteiger partial charge is 0.481 e. The fourth-order valence-corrected chi connectivity index (χ4v) is 1.88. The fraction of sp³-hybridized carbons (Fsp3) is 0.462. The Morgan fingerprint density at radius 1 is 1.41 bits per heavy atom. The maximum atomic E-state index is 10.7. The molecule has 0 radical (unpaired) electrons. The first-order valence-electron chi connectivity index (χ1n) is 5.62. The first kappa shape index (κ1) is 13.9. The molecule has 3 nitrogen and oxygen atoms in total. The second-order valence-corrected chi connectivity index (χ2v) is 5.03. The van der Waals surface area contributed by atoms with Gasteiger partial charge >= 0.3 is 5.97 Å². The molecule has 1 aromatic carbocycles. The van der Waals surface area contributed by atoms with E-state index in [4.69, 9.17) is 5.11 Å². The molecule has 1 rings (SSSR count). The molecule has 0 bridgehead atoms. The lowest BCUT2D eigenvalue weighted by Gasteiger charge is -2.20. The van der Waals surface area contributed by atoms with Crippen LogP contribution in [0.2, 0.25) is 0 Å². The van der Waals surface area contributed by atoms with E-state index in [9.17, 15) is 4.79 Å². The Morgan fingerprint density at radius 3 is 2.47 bits per heavy atom. The molecule has 94 valence electrons. The SMILES string of the molecule is CSc1ccc(N(C)CCC(C)C(=O)O)cc1. The molecule has 1 N–H and O–H groups in total. The van der Waals surface area contributed by atoms with Gasteiger partial charge in [-0.3, -0.25) is 4.79 Å². The maximum absolute atomic E-state index is 10.7. The van der Waals surface area contributed by atoms with Crippen LogP contribution >= 0.6 is 11.8 Å². The Hall–Kier alpha value is -1.16. The Bertz CT molecular complexity index is 364. The smallest absolute Gasteiger partial charge is 0.306 e. The lowest BCUT2D eigenvalue weighted by atomic mass is 10.1. The van der Waals surface area contributed by atoms with Crippen LogP contribution < -0.4 is 4.90 Å². The Morgan fingerprint density at radius 2 is 2.00 bits per heavy atom. The van der Waals surface area contributed by atoms with E-state index in [2.05, 4.69) is 29.2 Å². The summed E-state index contributed by atoms with van der Waals surface area (Å²) in [5, 5.41) is 8.81. The molecule has 0 aliphatic heterocycles. The maximum Gasteiger partial charge on any atom is 0.306 e. The minimum Gasteiger partial charge on any atom is -0.481 e. The van der Waals surface area contributed by atoms with E-state index < -0.39 is 5.97 Å². The molecule has 0 fully saturated rings. The molecule has 17 heavy (non-hydrogen) atoms. The average molecular weight is 253 g/mol. The number of carboxylic acid groups (broad SMARTS) is 1. The molecule has 0 amide bonds. The topological polar surface area (TPSA) is 40.5 Å². The molecule has 1 aromatic rings. The molecule has 0 aromatic heterocycles. The number of nitrogens with zero attached hydrogens (tertiary/aromatic N) is 1. The van der Waals surface area contributed by atoms with Crippen molar-refractivity contribution in [3.63, 3.8) is 0 Å². The van der Waals surface area contributed by atoms with Gasteiger partial charge in [-0.25, -0.2) is 0 Å². The van der Waals surface area contributed by atoms with E-state index in [0.717, 1.165) is 12.2 Å². The van der Waals surface area contributed by atoms with Crippen LogP contribution in [0.25, 0.3) is 0 Å². The number of benzene rings is 1. The summed E-state index contributed by atoms with van der Waals surface area (Å²) < 4.78 is 0. The number of hydrogen-bond acceptors (Lipinski definition) is 3. The first-order chi connectivity index (χ1) is 8.04. The lowest BCUT2D eigenvalue weighted by Crippen LogP contribution is -2.22. The highest BCUT2D eigenvalue weighted by Crippen LogP contribution is 2.20. The molecule has 0 heterocycles. The highest BCUT2D eigenvalue weighted by atomic mass is 32.2. The van der Waals surface area contributed by atoms with Crippen LogP contribution in [0.3, 0.4) is 0 Å². The van der Waals surface area contributed by atoms with Crippen molar-refractivity contribution < 1.29 is 9.90 Å². The van der Waals surface area contributed by atoms with Crippen LogP contribution in [0.5, 0.6) is 0 Å². The number of aliphatic carboxylic acids is 1. The van der Waals surface area contributed by atoms with E-state index in [1.165, 1.54) is 4.90 Å². The molecular weight excluding hydrogens is 234 g/mol. The molecule has 1 unspecified atom stereocenters. The highest BCUT2D eigenvalue weighted by molar-refractivity contribution is 7.98. The van der Waals surface area contributed by atoms with Crippen LogP contribution in [-0.4, -0.2) is 30.9 Å². The third kappa shape index (κ3) is 4.30. The van der Waals surface area contributed by atoms with Crippen LogP contribution in [0.4, 0.5) is 5.69 Å². The molecule has 1 atom stereocenters. The van der Waals surface area contributed by atoms with Gasteiger partial charge in [-0.2, -0.15) is 0 Å². The number of carboxylic acids is 1. The van der Waals surface area contributed by atoms with Gasteiger partial charge in [-0.15, -0.1) is 11.8 Å². The van der Waals surface area contributed by atoms with Crippen molar-refractivity contribution in [3.8, 4) is 0 Å². The molecule has 0 saturated heterocycles. The summed E-state index contributed by atoms with van der Waals surface area (Å²) in [4.78, 5) is 14.0. The zero-order valence-corrected chi connectivity index (χ0v) is 11.3. The van der Waals surface area contributed by atoms with Gasteiger partial charge in [0.05, 0.1) is 5.92 Å². The zero-order chi connectivity index (χ0) is 12.8. The summed E-state index contributed by atoms with van der Waals surface area (Å²) >= 11 is 1.72. The van der Waals surface area contributed by atoms with Gasteiger partial charge in [0.15, 0.2) is 0 Å². The number of thioether (sulfide) groups is 1. The Labute approximate surface area is 107 Å². The minimum atomic E-state index is -0.726. The van der Waals surface area contributed by atoms with Gasteiger partial charge in [-0.05, 0) is 36.9 Å². The molecule has 0 spiro atoms. The van der Waals surface area contributed by atoms with Gasteiger partial charge in [0, 0.05) is 24.2 Å². The van der Waals surface area contributed by atoms with Crippen LogP contribution in [0, 0.1) is 5.92 Å². The van der Waals surface area contributed by atoms with Gasteiger partial charge in [0.1, 0.15) is 0 Å². The van der Waals surface area contributed by atoms with Gasteiger partial charge in [0.25, 0.3) is 0 Å². The second-order valence-electron chi connectivity index (χ2n) is 4.15. The third-order valence-electron chi connectivity index (χ3n) is 2.83. The normalized spacial score (nSPS) is 12.2. The lowest BCUT2D eigenvalue weighted by molar-refractivity contribution is -0.141. The van der Waals surface area contributed by atoms with Crippen molar-refractivity contribution >= 4 is 23.4 Å². The van der Waals surface area contributed by atoms with Crippen molar-refractivity contribution in [2.24, 2.45) is 5.92 Å². The average Bonchev–Trinajstić information content (AvgIpc) is 2.35. The number of anilines is 1. The number of rotatable bonds is 6. The summed E-state index contributed by atoms with van der Waals surface area (Å²) in [6.45, 7) is 2.50. The molecule has 4 heteroatoms. The van der Waals surface area contributed by atoms with Gasteiger partial charge in [-0.1, -0.05) is 6.92 Å². The summed E-state index contributed by atoms with van der Waals surface area (Å²) in [5.41, 5.74) is 1.13. The van der Waals surface area contributed by atoms with Crippen LogP contribution in [-0.2, 0) is 4.79 Å². The quantitative estimate of drug-likeness (QED) is 0.791. The first-order valence-corrected chi connectivity index (χ1v) is 6.85. The van der Waals surface area contributed by atoms with E-state index in [-0.39, 0.29) is 5.92 Å². The van der Waals surface area contributed by atoms with Crippen molar-refractivity contribution in [2.45, 2.75) is 18.2 Å². The fourth-order valence-electron chi connectivity index (χ4n) is 1.48. The van der Waals surface area contributed by atoms with E-state index in [1.54, 1.807) is 18.7 Å². The van der Waals surface area contributed by atoms with Crippen molar-refractivity contribution in [2.75, 3.05) is 24.7 Å². The van der Waals surface area contributed by atoms with Crippen molar-refractivity contribution in [3.05, 3.63) is 24.3 Å². The molecular formula is C13H19NO2S. The summed E-state index contributed by atoms with van der Waals surface area (Å²) in [6, 6.07) is 8.29. The minimum absolute atomic E-state index is 0.289. The van der Waals surface area contributed by atoms with Crippen LogP contribution in [0.1, 0.15) is 13.3 Å². The van der Waals surface area contributed by atoms with E-state index >= 15 is 0 Å². The predicted octanol–water partition coefficient (Wildman–Crippen LogP) is 2.96. The van der Waals surface area contributed by atoms with Gasteiger partial charge < -0.3 is 10.0 Å². The standard InChI is InChI=1S/C13H19NO2S/c1-10(13(15)16)8-9-14(2)11-4-6-12(17-3)7-5-11/h4-7,10H,8-9H2,1-3H3,(H,15,16). The molecule has 0 aliphatic rings. The zero-order valence-electron chi connectivity index (χ0n) is 10.5. The summed E-state index contributed by atoms with van der Waals surface area (Å²) in [7, 11) is 1.99. The van der Waals surface area contributed by atoms with Gasteiger partial charge in [0.2, 0.25) is 0 Å². The van der Waals surface area contributed by atoms with Crippen molar-refractivity contribution in [1.82, 2.24) is 0 Å². The monoisotopic (exact) mass is 253 g/mol. The molecule has 0 saturated carbocycles. The van der Waals surface area contributed by atoms with Crippen molar-refractivity contribution in [1.29, 1.82) is 0 Å². The number of hydrogen-bond donors (Lipinski definition) is 1. The number of carbonyl (C=O) groups is 1. The highest BCUT2D eigenvalue weighted by Gasteiger charge is 2.11. The second kappa shape index (κ2) is 6.55. The third-order valence-corrected chi connectivity index (χ3v) is 3.58. The summed E-state index contributed by atoms with van der Waals surface area (Å²) in [5.74, 6) is -1.01. The Kier molecular flexibility index (Phi) is 5.35. The molecule has 0 aliphatic carbocycles.